The minimum Gasteiger partial charge on any atom is -0.356 e. The van der Waals surface area contributed by atoms with Crippen LogP contribution in [0.3, 0.4) is 0 Å². The average Bonchev–Trinajstić information content (AvgIpc) is 2.39. The number of hydrogen-bond donors (Lipinski definition) is 0. The number of piperidine rings is 1. The summed E-state index contributed by atoms with van der Waals surface area (Å²) in [5, 5.41) is 0. The molecular weight excluding hydrogens is 326 g/mol. The molecule has 2 rings (SSSR count). The van der Waals surface area contributed by atoms with Crippen LogP contribution in [0.1, 0.15) is 18.4 Å². The van der Waals surface area contributed by atoms with E-state index < -0.39 is 0 Å². The number of halogens is 2. The highest BCUT2D eigenvalue weighted by Crippen LogP contribution is 2.27. The molecule has 0 amide bonds. The highest BCUT2D eigenvalue weighted by molar-refractivity contribution is 9.10. The van der Waals surface area contributed by atoms with Gasteiger partial charge < -0.3 is 9.80 Å². The molecular formula is C14H21BrClN3. The van der Waals surface area contributed by atoms with Crippen LogP contribution in [0, 0.1) is 5.92 Å². The Hall–Kier alpha value is -0.320. The third-order valence-corrected chi connectivity index (χ3v) is 4.31. The van der Waals surface area contributed by atoms with E-state index in [9.17, 15) is 0 Å². The predicted molar refractivity (Wildman–Crippen MR) is 85.0 cm³/mol. The summed E-state index contributed by atoms with van der Waals surface area (Å²) in [7, 11) is 4.29. The molecule has 0 bridgehead atoms. The van der Waals surface area contributed by atoms with Crippen LogP contribution in [-0.4, -0.2) is 43.6 Å². The molecule has 1 aromatic rings. The van der Waals surface area contributed by atoms with Crippen LogP contribution in [-0.2, 0) is 5.88 Å². The van der Waals surface area contributed by atoms with E-state index in [0.717, 1.165) is 34.9 Å². The smallest absolute Gasteiger partial charge is 0.133 e. The Morgan fingerprint density at radius 1 is 1.42 bits per heavy atom. The molecule has 0 aliphatic carbocycles. The maximum absolute atomic E-state index is 6.03. The second-order valence-corrected chi connectivity index (χ2v) is 6.65. The molecule has 1 aliphatic rings. The first kappa shape index (κ1) is 15.1. The van der Waals surface area contributed by atoms with Crippen molar-refractivity contribution in [3.8, 4) is 0 Å². The first-order chi connectivity index (χ1) is 9.10. The van der Waals surface area contributed by atoms with Crippen LogP contribution < -0.4 is 4.90 Å². The molecule has 0 radical (unpaired) electrons. The molecule has 1 fully saturated rings. The van der Waals surface area contributed by atoms with E-state index in [1.807, 2.05) is 6.20 Å². The van der Waals surface area contributed by atoms with Gasteiger partial charge >= 0.3 is 0 Å². The zero-order valence-electron chi connectivity index (χ0n) is 11.6. The fraction of sp³-hybridized carbons (Fsp3) is 0.643. The van der Waals surface area contributed by atoms with Gasteiger partial charge in [0, 0.05) is 35.9 Å². The van der Waals surface area contributed by atoms with E-state index >= 15 is 0 Å². The third kappa shape index (κ3) is 4.07. The van der Waals surface area contributed by atoms with E-state index in [-0.39, 0.29) is 0 Å². The maximum atomic E-state index is 6.03. The quantitative estimate of drug-likeness (QED) is 0.779. The highest BCUT2D eigenvalue weighted by atomic mass is 79.9. The van der Waals surface area contributed by atoms with Crippen molar-refractivity contribution in [1.82, 2.24) is 9.88 Å². The van der Waals surface area contributed by atoms with Crippen LogP contribution in [0.25, 0.3) is 0 Å². The Bertz CT molecular complexity index is 417. The average molecular weight is 347 g/mol. The molecule has 1 aliphatic heterocycles. The molecule has 0 atom stereocenters. The summed E-state index contributed by atoms with van der Waals surface area (Å²) in [5.74, 6) is 2.38. The number of alkyl halides is 1. The first-order valence-corrected chi connectivity index (χ1v) is 8.03. The molecule has 1 saturated heterocycles. The van der Waals surface area contributed by atoms with Gasteiger partial charge in [0.25, 0.3) is 0 Å². The van der Waals surface area contributed by atoms with Gasteiger partial charge in [-0.1, -0.05) is 0 Å². The van der Waals surface area contributed by atoms with Crippen molar-refractivity contribution < 1.29 is 0 Å². The Kier molecular flexibility index (Phi) is 5.48. The van der Waals surface area contributed by atoms with Gasteiger partial charge in [-0.25, -0.2) is 4.98 Å². The molecule has 0 aromatic carbocycles. The number of anilines is 1. The van der Waals surface area contributed by atoms with Gasteiger partial charge in [-0.15, -0.1) is 11.6 Å². The Morgan fingerprint density at radius 3 is 2.68 bits per heavy atom. The standard InChI is InChI=1S/C14H21BrClN3/c1-18(2)10-11-3-5-19(6-4-11)14-12(8-16)7-13(15)9-17-14/h7,9,11H,3-6,8,10H2,1-2H3. The highest BCUT2D eigenvalue weighted by Gasteiger charge is 2.22. The topological polar surface area (TPSA) is 19.4 Å². The van der Waals surface area contributed by atoms with E-state index in [0.29, 0.717) is 5.88 Å². The van der Waals surface area contributed by atoms with Crippen molar-refractivity contribution in [2.24, 2.45) is 5.92 Å². The fourth-order valence-electron chi connectivity index (χ4n) is 2.70. The fourth-order valence-corrected chi connectivity index (χ4v) is 3.28. The summed E-state index contributed by atoms with van der Waals surface area (Å²) >= 11 is 9.48. The lowest BCUT2D eigenvalue weighted by Gasteiger charge is -2.34. The summed E-state index contributed by atoms with van der Waals surface area (Å²) in [6.45, 7) is 3.35. The minimum atomic E-state index is 0.513. The zero-order chi connectivity index (χ0) is 13.8. The molecule has 0 spiro atoms. The number of hydrogen-bond acceptors (Lipinski definition) is 3. The van der Waals surface area contributed by atoms with E-state index in [2.05, 4.69) is 50.9 Å². The summed E-state index contributed by atoms with van der Waals surface area (Å²) < 4.78 is 0.995. The summed E-state index contributed by atoms with van der Waals surface area (Å²) in [6, 6.07) is 2.07. The second kappa shape index (κ2) is 6.91. The van der Waals surface area contributed by atoms with Gasteiger partial charge in [0.15, 0.2) is 0 Å². The van der Waals surface area contributed by atoms with Gasteiger partial charge in [0.05, 0.1) is 5.88 Å². The number of aromatic nitrogens is 1. The summed E-state index contributed by atoms with van der Waals surface area (Å²) in [5.41, 5.74) is 1.11. The van der Waals surface area contributed by atoms with Crippen molar-refractivity contribution in [2.75, 3.05) is 38.6 Å². The molecule has 106 valence electrons. The van der Waals surface area contributed by atoms with E-state index in [1.165, 1.54) is 19.4 Å². The summed E-state index contributed by atoms with van der Waals surface area (Å²) in [4.78, 5) is 9.19. The van der Waals surface area contributed by atoms with Gasteiger partial charge in [-0.05, 0) is 54.9 Å². The predicted octanol–water partition coefficient (Wildman–Crippen LogP) is 3.36. The van der Waals surface area contributed by atoms with Crippen molar-refractivity contribution >= 4 is 33.3 Å². The lowest BCUT2D eigenvalue weighted by molar-refractivity contribution is 0.284. The second-order valence-electron chi connectivity index (χ2n) is 5.46. The SMILES string of the molecule is CN(C)CC1CCN(c2ncc(Br)cc2CCl)CC1. The largest absolute Gasteiger partial charge is 0.356 e. The number of rotatable bonds is 4. The monoisotopic (exact) mass is 345 g/mol. The van der Waals surface area contributed by atoms with Crippen LogP contribution in [0.4, 0.5) is 5.82 Å². The van der Waals surface area contributed by atoms with Crippen LogP contribution >= 0.6 is 27.5 Å². The minimum absolute atomic E-state index is 0.513. The molecule has 0 saturated carbocycles. The van der Waals surface area contributed by atoms with Crippen molar-refractivity contribution in [1.29, 1.82) is 0 Å². The van der Waals surface area contributed by atoms with Gasteiger partial charge in [-0.3, -0.25) is 0 Å². The van der Waals surface area contributed by atoms with Crippen LogP contribution in [0.5, 0.6) is 0 Å². The van der Waals surface area contributed by atoms with Gasteiger partial charge in [0.2, 0.25) is 0 Å². The third-order valence-electron chi connectivity index (χ3n) is 3.59. The zero-order valence-corrected chi connectivity index (χ0v) is 13.9. The van der Waals surface area contributed by atoms with Crippen LogP contribution in [0.15, 0.2) is 16.7 Å². The van der Waals surface area contributed by atoms with E-state index in [4.69, 9.17) is 11.6 Å². The van der Waals surface area contributed by atoms with Gasteiger partial charge in [-0.2, -0.15) is 0 Å². The molecule has 3 nitrogen and oxygen atoms in total. The number of pyridine rings is 1. The Morgan fingerprint density at radius 2 is 2.11 bits per heavy atom. The number of nitrogens with zero attached hydrogens (tertiary/aromatic N) is 3. The molecule has 1 aromatic heterocycles. The van der Waals surface area contributed by atoms with Crippen molar-refractivity contribution in [3.05, 3.63) is 22.3 Å². The van der Waals surface area contributed by atoms with Crippen molar-refractivity contribution in [3.63, 3.8) is 0 Å². The molecule has 19 heavy (non-hydrogen) atoms. The molecule has 2 heterocycles. The molecule has 0 N–H and O–H groups in total. The van der Waals surface area contributed by atoms with Gasteiger partial charge in [0.1, 0.15) is 5.82 Å². The van der Waals surface area contributed by atoms with Crippen LogP contribution in [0.2, 0.25) is 0 Å². The van der Waals surface area contributed by atoms with Crippen molar-refractivity contribution in [2.45, 2.75) is 18.7 Å². The lowest BCUT2D eigenvalue weighted by Crippen LogP contribution is -2.37. The lowest BCUT2D eigenvalue weighted by atomic mass is 9.96. The normalized spacial score (nSPS) is 17.2. The Balaban J connectivity index is 2.01. The maximum Gasteiger partial charge on any atom is 0.133 e. The molecule has 0 unspecified atom stereocenters. The molecule has 5 heteroatoms. The Labute approximate surface area is 129 Å². The summed E-state index contributed by atoms with van der Waals surface area (Å²) in [6.07, 6.45) is 4.33. The first-order valence-electron chi connectivity index (χ1n) is 6.70. The van der Waals surface area contributed by atoms with E-state index in [1.54, 1.807) is 0 Å².